The fourth-order valence-electron chi connectivity index (χ4n) is 4.08. The first-order valence-corrected chi connectivity index (χ1v) is 12.3. The Morgan fingerprint density at radius 2 is 2.04 bits per heavy atom. The van der Waals surface area contributed by atoms with Crippen molar-refractivity contribution in [2.75, 3.05) is 11.1 Å². The van der Waals surface area contributed by atoms with Gasteiger partial charge in [-0.1, -0.05) is 44.9 Å². The molecule has 3 heterocycles. The van der Waals surface area contributed by atoms with E-state index in [-0.39, 0.29) is 5.60 Å². The number of nitrogens with one attached hydrogen (secondary N) is 1. The molecule has 2 aromatic rings. The van der Waals surface area contributed by atoms with E-state index < -0.39 is 0 Å². The van der Waals surface area contributed by atoms with E-state index in [1.807, 2.05) is 0 Å². The van der Waals surface area contributed by atoms with E-state index in [0.717, 1.165) is 40.8 Å². The van der Waals surface area contributed by atoms with Gasteiger partial charge in [0.2, 0.25) is 0 Å². The Kier molecular flexibility index (Phi) is 5.95. The maximum absolute atomic E-state index is 6.19. The molecule has 0 unspecified atom stereocenters. The molecule has 0 bridgehead atoms. The highest BCUT2D eigenvalue weighted by Gasteiger charge is 2.33. The van der Waals surface area contributed by atoms with Crippen LogP contribution in [0.25, 0.3) is 10.2 Å². The fraction of sp³-hybridized carbons (Fsp3) is 0.714. The van der Waals surface area contributed by atoms with Crippen molar-refractivity contribution in [3.8, 4) is 0 Å². The van der Waals surface area contributed by atoms with Gasteiger partial charge in [-0.25, -0.2) is 9.97 Å². The van der Waals surface area contributed by atoms with Crippen LogP contribution in [0.1, 0.15) is 76.2 Å². The zero-order valence-corrected chi connectivity index (χ0v) is 18.4. The summed E-state index contributed by atoms with van der Waals surface area (Å²) in [4.78, 5) is 12.4. The highest BCUT2D eigenvalue weighted by Crippen LogP contribution is 2.43. The summed E-state index contributed by atoms with van der Waals surface area (Å²) >= 11 is 3.58. The first-order valence-electron chi connectivity index (χ1n) is 10.5. The molecule has 2 aromatic heterocycles. The molecule has 0 spiro atoms. The predicted octanol–water partition coefficient (Wildman–Crippen LogP) is 6.18. The molecule has 1 aliphatic carbocycles. The normalized spacial score (nSPS) is 23.5. The van der Waals surface area contributed by atoms with E-state index in [9.17, 15) is 0 Å². The number of hydrogen-bond donors (Lipinski definition) is 1. The van der Waals surface area contributed by atoms with Gasteiger partial charge in [-0.2, -0.15) is 0 Å². The summed E-state index contributed by atoms with van der Waals surface area (Å²) in [6.45, 7) is 7.37. The second kappa shape index (κ2) is 8.26. The Morgan fingerprint density at radius 3 is 2.78 bits per heavy atom. The molecule has 1 fully saturated rings. The zero-order chi connectivity index (χ0) is 18.9. The zero-order valence-electron chi connectivity index (χ0n) is 16.8. The van der Waals surface area contributed by atoms with Crippen molar-refractivity contribution in [3.63, 3.8) is 0 Å². The van der Waals surface area contributed by atoms with Crippen molar-refractivity contribution in [2.45, 2.75) is 95.5 Å². The number of anilines is 1. The van der Waals surface area contributed by atoms with Gasteiger partial charge >= 0.3 is 0 Å². The summed E-state index contributed by atoms with van der Waals surface area (Å²) < 4.78 is 6.19. The summed E-state index contributed by atoms with van der Waals surface area (Å²) in [5.41, 5.74) is 1.36. The summed E-state index contributed by atoms with van der Waals surface area (Å²) in [5, 5.41) is 6.01. The van der Waals surface area contributed by atoms with Gasteiger partial charge in [-0.15, -0.1) is 11.3 Å². The van der Waals surface area contributed by atoms with Crippen LogP contribution in [0.3, 0.4) is 0 Å². The van der Waals surface area contributed by atoms with Gasteiger partial charge in [0.1, 0.15) is 10.6 Å². The number of hydrogen-bond acceptors (Lipinski definition) is 6. The molecule has 0 aromatic carbocycles. The summed E-state index contributed by atoms with van der Waals surface area (Å²) in [5.74, 6) is 2.14. The fourth-order valence-corrected chi connectivity index (χ4v) is 5.94. The molecule has 6 heteroatoms. The number of aromatic nitrogens is 2. The number of thiophene rings is 1. The van der Waals surface area contributed by atoms with Crippen LogP contribution < -0.4 is 5.32 Å². The molecule has 4 rings (SSSR count). The minimum atomic E-state index is -0.0707. The van der Waals surface area contributed by atoms with Gasteiger partial charge < -0.3 is 10.1 Å². The maximum atomic E-state index is 6.19. The average Bonchev–Trinajstić information content (AvgIpc) is 3.04. The van der Waals surface area contributed by atoms with E-state index in [4.69, 9.17) is 14.7 Å². The lowest BCUT2D eigenvalue weighted by atomic mass is 9.90. The first-order chi connectivity index (χ1) is 13.1. The Hall–Kier alpha value is -0.850. The predicted molar refractivity (Wildman–Crippen MR) is 116 cm³/mol. The Morgan fingerprint density at radius 1 is 1.22 bits per heavy atom. The number of fused-ring (bicyclic) bond motifs is 3. The molecule has 4 nitrogen and oxygen atoms in total. The third kappa shape index (κ3) is 4.13. The molecule has 1 aliphatic heterocycles. The Bertz CT molecular complexity index is 800. The van der Waals surface area contributed by atoms with Crippen molar-refractivity contribution < 1.29 is 4.74 Å². The minimum Gasteiger partial charge on any atom is -0.369 e. The molecule has 0 amide bonds. The Balaban J connectivity index is 1.75. The Labute approximate surface area is 170 Å². The van der Waals surface area contributed by atoms with Crippen molar-refractivity contribution in [3.05, 3.63) is 10.4 Å². The summed E-state index contributed by atoms with van der Waals surface area (Å²) in [6.07, 6.45) is 9.66. The maximum Gasteiger partial charge on any atom is 0.190 e. The van der Waals surface area contributed by atoms with E-state index in [1.165, 1.54) is 47.9 Å². The summed E-state index contributed by atoms with van der Waals surface area (Å²) in [6, 6.07) is 0.550. The lowest BCUT2D eigenvalue weighted by molar-refractivity contribution is -0.0542. The molecular formula is C21H31N3OS2. The number of thioether (sulfide) groups is 1. The minimum absolute atomic E-state index is 0.0707. The number of ether oxygens (including phenoxy) is 1. The van der Waals surface area contributed by atoms with Gasteiger partial charge in [-0.3, -0.25) is 0 Å². The standard InChI is InChI=1S/C21H31N3OS2/c1-4-11-26-20-23-18(22-14-9-7-6-8-10-14)17-15-12-21(3,5-2)25-13-16(15)27-19(17)24-20/h14H,4-13H2,1-3H3,(H,22,23,24)/t21-/m1/s1. The molecule has 27 heavy (non-hydrogen) atoms. The first kappa shape index (κ1) is 19.5. The third-order valence-electron chi connectivity index (χ3n) is 5.95. The van der Waals surface area contributed by atoms with Crippen LogP contribution in [0.4, 0.5) is 5.82 Å². The third-order valence-corrected chi connectivity index (χ3v) is 8.10. The highest BCUT2D eigenvalue weighted by atomic mass is 32.2. The molecule has 1 atom stereocenters. The topological polar surface area (TPSA) is 47.0 Å². The van der Waals surface area contributed by atoms with Gasteiger partial charge in [0, 0.05) is 23.1 Å². The summed E-state index contributed by atoms with van der Waals surface area (Å²) in [7, 11) is 0. The smallest absolute Gasteiger partial charge is 0.190 e. The second-order valence-electron chi connectivity index (χ2n) is 8.14. The van der Waals surface area contributed by atoms with Crippen molar-refractivity contribution >= 4 is 39.1 Å². The molecule has 1 N–H and O–H groups in total. The van der Waals surface area contributed by atoms with Gasteiger partial charge in [-0.05, 0) is 38.2 Å². The van der Waals surface area contributed by atoms with Crippen molar-refractivity contribution in [1.82, 2.24) is 9.97 Å². The van der Waals surface area contributed by atoms with E-state index >= 15 is 0 Å². The van der Waals surface area contributed by atoms with E-state index in [1.54, 1.807) is 23.1 Å². The van der Waals surface area contributed by atoms with Crippen LogP contribution in [0.15, 0.2) is 5.16 Å². The van der Waals surface area contributed by atoms with Crippen LogP contribution in [0, 0.1) is 0 Å². The molecule has 0 saturated heterocycles. The van der Waals surface area contributed by atoms with Gasteiger partial charge in [0.15, 0.2) is 5.16 Å². The van der Waals surface area contributed by atoms with E-state index in [2.05, 4.69) is 26.1 Å². The van der Waals surface area contributed by atoms with Gasteiger partial charge in [0.05, 0.1) is 17.6 Å². The largest absolute Gasteiger partial charge is 0.369 e. The quantitative estimate of drug-likeness (QED) is 0.459. The molecule has 148 valence electrons. The van der Waals surface area contributed by atoms with Gasteiger partial charge in [0.25, 0.3) is 0 Å². The highest BCUT2D eigenvalue weighted by molar-refractivity contribution is 7.99. The van der Waals surface area contributed by atoms with Crippen LogP contribution in [0.5, 0.6) is 0 Å². The molecule has 2 aliphatic rings. The molecular weight excluding hydrogens is 374 g/mol. The lowest BCUT2D eigenvalue weighted by Gasteiger charge is -2.33. The van der Waals surface area contributed by atoms with Crippen molar-refractivity contribution in [2.24, 2.45) is 0 Å². The molecule has 0 radical (unpaired) electrons. The number of nitrogens with zero attached hydrogens (tertiary/aromatic N) is 2. The van der Waals surface area contributed by atoms with Crippen molar-refractivity contribution in [1.29, 1.82) is 0 Å². The average molecular weight is 406 g/mol. The molecule has 1 saturated carbocycles. The number of rotatable bonds is 6. The van der Waals surface area contributed by atoms with Crippen LogP contribution >= 0.6 is 23.1 Å². The SMILES string of the molecule is CCCSc1nc(NC2CCCCC2)c2c3c(sc2n1)CO[C@](C)(CC)C3. The van der Waals surface area contributed by atoms with Crippen LogP contribution in [-0.2, 0) is 17.8 Å². The second-order valence-corrected chi connectivity index (χ2v) is 10.3. The monoisotopic (exact) mass is 405 g/mol. The van der Waals surface area contributed by atoms with Crippen LogP contribution in [0.2, 0.25) is 0 Å². The van der Waals surface area contributed by atoms with Crippen LogP contribution in [-0.4, -0.2) is 27.4 Å². The van der Waals surface area contributed by atoms with E-state index in [0.29, 0.717) is 12.6 Å². The lowest BCUT2D eigenvalue weighted by Crippen LogP contribution is -2.34.